The molecule has 0 N–H and O–H groups in total. The Morgan fingerprint density at radius 3 is 2.61 bits per heavy atom. The summed E-state index contributed by atoms with van der Waals surface area (Å²) in [5.74, 6) is -0.500. The summed E-state index contributed by atoms with van der Waals surface area (Å²) in [6.07, 6.45) is 0.785. The number of halogens is 1. The highest BCUT2D eigenvalue weighted by Crippen LogP contribution is 2.17. The average Bonchev–Trinajstić information content (AvgIpc) is 2.34. The molecule has 0 fully saturated rings. The van der Waals surface area contributed by atoms with E-state index in [2.05, 4.69) is 0 Å². The Kier molecular flexibility index (Phi) is 6.22. The molecule has 1 rings (SSSR count). The van der Waals surface area contributed by atoms with Gasteiger partial charge in [-0.2, -0.15) is 0 Å². The highest BCUT2D eigenvalue weighted by atomic mass is 35.5. The van der Waals surface area contributed by atoms with Crippen LogP contribution >= 0.6 is 11.6 Å². The lowest BCUT2D eigenvalue weighted by Crippen LogP contribution is -2.12. The molecule has 0 spiro atoms. The first-order valence-corrected chi connectivity index (χ1v) is 6.11. The molecule has 0 aromatic heterocycles. The Morgan fingerprint density at radius 1 is 1.22 bits per heavy atom. The van der Waals surface area contributed by atoms with E-state index in [1.165, 1.54) is 6.07 Å². The van der Waals surface area contributed by atoms with Crippen molar-refractivity contribution in [3.63, 3.8) is 0 Å². The van der Waals surface area contributed by atoms with E-state index in [9.17, 15) is 9.59 Å². The summed E-state index contributed by atoms with van der Waals surface area (Å²) in [4.78, 5) is 22.6. The second-order valence-corrected chi connectivity index (χ2v) is 4.09. The summed E-state index contributed by atoms with van der Waals surface area (Å²) in [7, 11) is 0. The molecule has 0 radical (unpaired) electrons. The van der Waals surface area contributed by atoms with Gasteiger partial charge in [0.05, 0.1) is 19.4 Å². The first-order chi connectivity index (χ1) is 8.61. The van der Waals surface area contributed by atoms with Crippen LogP contribution in [0.2, 0.25) is 5.02 Å². The van der Waals surface area contributed by atoms with Crippen LogP contribution in [0.25, 0.3) is 0 Å². The van der Waals surface area contributed by atoms with Crippen LogP contribution in [-0.2, 0) is 14.3 Å². The molecule has 0 unspecified atom stereocenters. The molecule has 0 atom stereocenters. The van der Waals surface area contributed by atoms with E-state index in [0.717, 1.165) is 6.42 Å². The van der Waals surface area contributed by atoms with Gasteiger partial charge < -0.3 is 9.47 Å². The van der Waals surface area contributed by atoms with E-state index >= 15 is 0 Å². The van der Waals surface area contributed by atoms with Gasteiger partial charge in [-0.25, -0.2) is 0 Å². The zero-order valence-corrected chi connectivity index (χ0v) is 10.9. The van der Waals surface area contributed by atoms with Gasteiger partial charge in [0.15, 0.2) is 0 Å². The number of hydrogen-bond acceptors (Lipinski definition) is 4. The second kappa shape index (κ2) is 7.71. The zero-order valence-electron chi connectivity index (χ0n) is 10.1. The molecule has 0 amide bonds. The van der Waals surface area contributed by atoms with Gasteiger partial charge >= 0.3 is 11.9 Å². The van der Waals surface area contributed by atoms with Crippen molar-refractivity contribution in [2.24, 2.45) is 0 Å². The fourth-order valence-electron chi connectivity index (χ4n) is 1.21. The minimum absolute atomic E-state index is 0.00490. The van der Waals surface area contributed by atoms with E-state index in [0.29, 0.717) is 17.4 Å². The molecule has 0 aliphatic heterocycles. The average molecular weight is 271 g/mol. The first-order valence-electron chi connectivity index (χ1n) is 5.73. The molecule has 98 valence electrons. The molecule has 18 heavy (non-hydrogen) atoms. The minimum atomic E-state index is -0.481. The van der Waals surface area contributed by atoms with Crippen molar-refractivity contribution in [1.29, 1.82) is 0 Å². The van der Waals surface area contributed by atoms with E-state index in [-0.39, 0.29) is 18.8 Å². The molecular weight excluding hydrogens is 256 g/mol. The molecule has 0 heterocycles. The van der Waals surface area contributed by atoms with Gasteiger partial charge in [0.2, 0.25) is 0 Å². The van der Waals surface area contributed by atoms with Gasteiger partial charge in [0.1, 0.15) is 5.75 Å². The van der Waals surface area contributed by atoms with Crippen molar-refractivity contribution in [3.05, 3.63) is 29.3 Å². The molecular formula is C13H15ClO4. The number of carbonyl (C=O) groups is 2. The summed E-state index contributed by atoms with van der Waals surface area (Å²) in [6, 6.07) is 6.52. The molecule has 0 saturated heterocycles. The summed E-state index contributed by atoms with van der Waals surface area (Å²) in [6.45, 7) is 2.28. The molecule has 0 saturated carbocycles. The van der Waals surface area contributed by atoms with Gasteiger partial charge in [-0.05, 0) is 24.6 Å². The van der Waals surface area contributed by atoms with E-state index in [4.69, 9.17) is 21.1 Å². The van der Waals surface area contributed by atoms with Crippen LogP contribution in [-0.4, -0.2) is 18.5 Å². The normalized spacial score (nSPS) is 9.89. The summed E-state index contributed by atoms with van der Waals surface area (Å²) in [5, 5.41) is 0.489. The number of rotatable bonds is 6. The van der Waals surface area contributed by atoms with Crippen LogP contribution in [0.5, 0.6) is 5.75 Å². The van der Waals surface area contributed by atoms with Gasteiger partial charge in [0, 0.05) is 5.02 Å². The number of carbonyl (C=O) groups excluding carboxylic acids is 2. The lowest BCUT2D eigenvalue weighted by molar-refractivity contribution is -0.146. The maximum atomic E-state index is 11.4. The number of esters is 2. The first kappa shape index (κ1) is 14.5. The maximum absolute atomic E-state index is 11.4. The molecule has 1 aromatic carbocycles. The Labute approximate surface area is 111 Å². The third-order valence-electron chi connectivity index (χ3n) is 2.03. The number of ether oxygens (including phenoxy) is 2. The summed E-state index contributed by atoms with van der Waals surface area (Å²) in [5.41, 5.74) is 0. The van der Waals surface area contributed by atoms with Crippen LogP contribution in [0.15, 0.2) is 24.3 Å². The minimum Gasteiger partial charge on any atom is -0.466 e. The lowest BCUT2D eigenvalue weighted by atomic mass is 10.3. The molecule has 5 heteroatoms. The maximum Gasteiger partial charge on any atom is 0.311 e. The van der Waals surface area contributed by atoms with Gasteiger partial charge in [0.25, 0.3) is 0 Å². The quantitative estimate of drug-likeness (QED) is 0.589. The van der Waals surface area contributed by atoms with Crippen molar-refractivity contribution in [1.82, 2.24) is 0 Å². The molecule has 0 aliphatic carbocycles. The van der Waals surface area contributed by atoms with Crippen molar-refractivity contribution in [2.75, 3.05) is 6.61 Å². The van der Waals surface area contributed by atoms with Crippen LogP contribution in [0.1, 0.15) is 26.2 Å². The summed E-state index contributed by atoms with van der Waals surface area (Å²) >= 11 is 5.75. The predicted octanol–water partition coefficient (Wildman–Crippen LogP) is 2.98. The Balaban J connectivity index is 2.31. The Bertz CT molecular complexity index is 417. The van der Waals surface area contributed by atoms with Crippen LogP contribution in [0, 0.1) is 0 Å². The third kappa shape index (κ3) is 5.68. The lowest BCUT2D eigenvalue weighted by Gasteiger charge is -2.05. The Hall–Kier alpha value is -1.55. The van der Waals surface area contributed by atoms with E-state index in [1.54, 1.807) is 18.2 Å². The molecule has 0 aliphatic rings. The van der Waals surface area contributed by atoms with Crippen molar-refractivity contribution in [3.8, 4) is 5.75 Å². The van der Waals surface area contributed by atoms with Gasteiger partial charge in [-0.15, -0.1) is 0 Å². The van der Waals surface area contributed by atoms with Crippen molar-refractivity contribution >= 4 is 23.5 Å². The molecule has 4 nitrogen and oxygen atoms in total. The fraction of sp³-hybridized carbons (Fsp3) is 0.385. The smallest absolute Gasteiger partial charge is 0.311 e. The van der Waals surface area contributed by atoms with Crippen LogP contribution in [0.4, 0.5) is 0 Å². The van der Waals surface area contributed by atoms with Crippen LogP contribution < -0.4 is 4.74 Å². The van der Waals surface area contributed by atoms with Gasteiger partial charge in [-0.3, -0.25) is 9.59 Å². The third-order valence-corrected chi connectivity index (χ3v) is 2.26. The number of hydrogen-bond donors (Lipinski definition) is 0. The SMILES string of the molecule is CCCOC(=O)CCC(=O)Oc1cccc(Cl)c1. The Morgan fingerprint density at radius 2 is 1.94 bits per heavy atom. The van der Waals surface area contributed by atoms with Gasteiger partial charge in [-0.1, -0.05) is 24.6 Å². The molecule has 1 aromatic rings. The monoisotopic (exact) mass is 270 g/mol. The largest absolute Gasteiger partial charge is 0.466 e. The standard InChI is InChI=1S/C13H15ClO4/c1-2-8-17-12(15)6-7-13(16)18-11-5-3-4-10(14)9-11/h3-5,9H,2,6-8H2,1H3. The van der Waals surface area contributed by atoms with E-state index < -0.39 is 5.97 Å². The molecule has 0 bridgehead atoms. The summed E-state index contributed by atoms with van der Waals surface area (Å²) < 4.78 is 9.86. The fourth-order valence-corrected chi connectivity index (χ4v) is 1.39. The van der Waals surface area contributed by atoms with Crippen molar-refractivity contribution < 1.29 is 19.1 Å². The second-order valence-electron chi connectivity index (χ2n) is 3.65. The van der Waals surface area contributed by atoms with E-state index in [1.807, 2.05) is 6.92 Å². The predicted molar refractivity (Wildman–Crippen MR) is 67.6 cm³/mol. The highest BCUT2D eigenvalue weighted by Gasteiger charge is 2.09. The number of benzene rings is 1. The topological polar surface area (TPSA) is 52.6 Å². The highest BCUT2D eigenvalue weighted by molar-refractivity contribution is 6.30. The van der Waals surface area contributed by atoms with Crippen molar-refractivity contribution in [2.45, 2.75) is 26.2 Å². The zero-order chi connectivity index (χ0) is 13.4. The van der Waals surface area contributed by atoms with Crippen LogP contribution in [0.3, 0.4) is 0 Å².